The number of unbranched alkanes of at least 4 members (excludes halogenated alkanes) is 3. The lowest BCUT2D eigenvalue weighted by Crippen LogP contribution is -2.14. The van der Waals surface area contributed by atoms with Gasteiger partial charge in [-0.05, 0) is 13.3 Å². The SMILES string of the molecule is CCCCCCO[C@H](C)CC(=O)O. The first kappa shape index (κ1) is 12.4. The maximum absolute atomic E-state index is 10.3. The molecule has 0 amide bonds. The van der Waals surface area contributed by atoms with Gasteiger partial charge in [-0.1, -0.05) is 26.2 Å². The molecule has 3 heteroatoms. The lowest BCUT2D eigenvalue weighted by atomic mass is 10.2. The Balaban J connectivity index is 3.17. The summed E-state index contributed by atoms with van der Waals surface area (Å²) >= 11 is 0. The molecule has 0 aliphatic rings. The van der Waals surface area contributed by atoms with Gasteiger partial charge in [-0.15, -0.1) is 0 Å². The first-order chi connectivity index (χ1) is 6.16. The Hall–Kier alpha value is -0.570. The zero-order valence-electron chi connectivity index (χ0n) is 8.58. The topological polar surface area (TPSA) is 46.5 Å². The van der Waals surface area contributed by atoms with Gasteiger partial charge >= 0.3 is 5.97 Å². The summed E-state index contributed by atoms with van der Waals surface area (Å²) in [4.78, 5) is 10.3. The molecule has 1 N–H and O–H groups in total. The molecular weight excluding hydrogens is 168 g/mol. The molecule has 0 unspecified atom stereocenters. The number of carbonyl (C=O) groups is 1. The molecule has 0 radical (unpaired) electrons. The van der Waals surface area contributed by atoms with E-state index >= 15 is 0 Å². The van der Waals surface area contributed by atoms with Gasteiger partial charge in [-0.3, -0.25) is 4.79 Å². The van der Waals surface area contributed by atoms with Crippen LogP contribution in [-0.4, -0.2) is 23.8 Å². The van der Waals surface area contributed by atoms with Crippen molar-refractivity contribution in [1.82, 2.24) is 0 Å². The lowest BCUT2D eigenvalue weighted by Gasteiger charge is -2.09. The maximum atomic E-state index is 10.3. The molecule has 0 bridgehead atoms. The summed E-state index contributed by atoms with van der Waals surface area (Å²) in [5.74, 6) is -0.791. The van der Waals surface area contributed by atoms with Crippen molar-refractivity contribution in [1.29, 1.82) is 0 Å². The summed E-state index contributed by atoms with van der Waals surface area (Å²) in [7, 11) is 0. The van der Waals surface area contributed by atoms with Crippen LogP contribution in [0.5, 0.6) is 0 Å². The highest BCUT2D eigenvalue weighted by Gasteiger charge is 2.06. The quantitative estimate of drug-likeness (QED) is 0.595. The average Bonchev–Trinajstić information content (AvgIpc) is 2.02. The van der Waals surface area contributed by atoms with Gasteiger partial charge in [0.05, 0.1) is 12.5 Å². The molecule has 13 heavy (non-hydrogen) atoms. The second kappa shape index (κ2) is 8.05. The van der Waals surface area contributed by atoms with Crippen LogP contribution >= 0.6 is 0 Å². The Morgan fingerprint density at radius 2 is 2.08 bits per heavy atom. The minimum absolute atomic E-state index is 0.105. The number of carboxylic acids is 1. The Kier molecular flexibility index (Phi) is 7.69. The number of hydrogen-bond acceptors (Lipinski definition) is 2. The Morgan fingerprint density at radius 1 is 1.38 bits per heavy atom. The van der Waals surface area contributed by atoms with E-state index in [0.29, 0.717) is 6.61 Å². The smallest absolute Gasteiger partial charge is 0.305 e. The number of carboxylic acid groups (broad SMARTS) is 1. The monoisotopic (exact) mass is 188 g/mol. The summed E-state index contributed by atoms with van der Waals surface area (Å²) in [6.45, 7) is 4.65. The average molecular weight is 188 g/mol. The van der Waals surface area contributed by atoms with Gasteiger partial charge in [0.25, 0.3) is 0 Å². The number of hydrogen-bond donors (Lipinski definition) is 1. The van der Waals surface area contributed by atoms with E-state index in [-0.39, 0.29) is 12.5 Å². The molecule has 0 saturated heterocycles. The van der Waals surface area contributed by atoms with E-state index in [0.717, 1.165) is 6.42 Å². The summed E-state index contributed by atoms with van der Waals surface area (Å²) in [6, 6.07) is 0. The van der Waals surface area contributed by atoms with Crippen LogP contribution in [-0.2, 0) is 9.53 Å². The molecule has 78 valence electrons. The van der Waals surface area contributed by atoms with Crippen LogP contribution in [0.25, 0.3) is 0 Å². The fourth-order valence-corrected chi connectivity index (χ4v) is 1.12. The summed E-state index contributed by atoms with van der Waals surface area (Å²) < 4.78 is 5.32. The van der Waals surface area contributed by atoms with Crippen LogP contribution in [0.4, 0.5) is 0 Å². The van der Waals surface area contributed by atoms with Crippen molar-refractivity contribution in [3.05, 3.63) is 0 Å². The third-order valence-corrected chi connectivity index (χ3v) is 1.86. The molecule has 0 aromatic carbocycles. The third kappa shape index (κ3) is 9.34. The Bertz CT molecular complexity index is 134. The molecule has 0 rings (SSSR count). The van der Waals surface area contributed by atoms with E-state index < -0.39 is 5.97 Å². The van der Waals surface area contributed by atoms with E-state index in [4.69, 9.17) is 9.84 Å². The van der Waals surface area contributed by atoms with E-state index in [9.17, 15) is 4.79 Å². The molecular formula is C10H20O3. The van der Waals surface area contributed by atoms with Gasteiger partial charge in [0, 0.05) is 6.61 Å². The van der Waals surface area contributed by atoms with Gasteiger partial charge < -0.3 is 9.84 Å². The summed E-state index contributed by atoms with van der Waals surface area (Å²) in [5, 5.41) is 8.44. The van der Waals surface area contributed by atoms with Crippen molar-refractivity contribution < 1.29 is 14.6 Å². The van der Waals surface area contributed by atoms with Crippen molar-refractivity contribution in [3.8, 4) is 0 Å². The standard InChI is InChI=1S/C10H20O3/c1-3-4-5-6-7-13-9(2)8-10(11)12/h9H,3-8H2,1-2H3,(H,11,12)/t9-/m1/s1. The number of aliphatic carboxylic acids is 1. The zero-order chi connectivity index (χ0) is 10.1. The van der Waals surface area contributed by atoms with Crippen LogP contribution in [0.3, 0.4) is 0 Å². The Morgan fingerprint density at radius 3 is 2.62 bits per heavy atom. The van der Waals surface area contributed by atoms with Crippen LogP contribution in [0.15, 0.2) is 0 Å². The lowest BCUT2D eigenvalue weighted by molar-refractivity contribution is -0.139. The van der Waals surface area contributed by atoms with Gasteiger partial charge in [0.2, 0.25) is 0 Å². The third-order valence-electron chi connectivity index (χ3n) is 1.86. The van der Waals surface area contributed by atoms with Crippen molar-refractivity contribution >= 4 is 5.97 Å². The molecule has 0 aromatic heterocycles. The van der Waals surface area contributed by atoms with Gasteiger partial charge in [-0.25, -0.2) is 0 Å². The zero-order valence-corrected chi connectivity index (χ0v) is 8.58. The van der Waals surface area contributed by atoms with E-state index in [1.54, 1.807) is 6.92 Å². The van der Waals surface area contributed by atoms with Crippen molar-refractivity contribution in [2.75, 3.05) is 6.61 Å². The predicted octanol–water partition coefficient (Wildman–Crippen LogP) is 2.45. The maximum Gasteiger partial charge on any atom is 0.305 e. The molecule has 0 heterocycles. The van der Waals surface area contributed by atoms with Crippen molar-refractivity contribution in [2.24, 2.45) is 0 Å². The minimum atomic E-state index is -0.791. The van der Waals surface area contributed by atoms with Crippen LogP contribution in [0.1, 0.15) is 46.0 Å². The first-order valence-corrected chi connectivity index (χ1v) is 5.00. The predicted molar refractivity (Wildman–Crippen MR) is 51.8 cm³/mol. The normalized spacial score (nSPS) is 12.8. The van der Waals surface area contributed by atoms with Crippen LogP contribution in [0, 0.1) is 0 Å². The van der Waals surface area contributed by atoms with Gasteiger partial charge in [-0.2, -0.15) is 0 Å². The fraction of sp³-hybridized carbons (Fsp3) is 0.900. The minimum Gasteiger partial charge on any atom is -0.481 e. The number of rotatable bonds is 8. The molecule has 0 aliphatic carbocycles. The van der Waals surface area contributed by atoms with E-state index in [1.165, 1.54) is 19.3 Å². The van der Waals surface area contributed by atoms with E-state index in [1.807, 2.05) is 0 Å². The second-order valence-corrected chi connectivity index (χ2v) is 3.34. The van der Waals surface area contributed by atoms with Crippen molar-refractivity contribution in [3.63, 3.8) is 0 Å². The van der Waals surface area contributed by atoms with Crippen LogP contribution in [0.2, 0.25) is 0 Å². The van der Waals surface area contributed by atoms with Gasteiger partial charge in [0.1, 0.15) is 0 Å². The largest absolute Gasteiger partial charge is 0.481 e. The molecule has 3 nitrogen and oxygen atoms in total. The fourth-order valence-electron chi connectivity index (χ4n) is 1.12. The van der Waals surface area contributed by atoms with Crippen LogP contribution < -0.4 is 0 Å². The molecule has 0 spiro atoms. The molecule has 0 saturated carbocycles. The highest BCUT2D eigenvalue weighted by Crippen LogP contribution is 2.02. The highest BCUT2D eigenvalue weighted by molar-refractivity contribution is 5.67. The first-order valence-electron chi connectivity index (χ1n) is 5.00. The number of ether oxygens (including phenoxy) is 1. The molecule has 1 atom stereocenters. The summed E-state index contributed by atoms with van der Waals surface area (Å²) in [6.07, 6.45) is 4.61. The molecule has 0 fully saturated rings. The second-order valence-electron chi connectivity index (χ2n) is 3.34. The van der Waals surface area contributed by atoms with E-state index in [2.05, 4.69) is 6.92 Å². The summed E-state index contributed by atoms with van der Waals surface area (Å²) in [5.41, 5.74) is 0. The highest BCUT2D eigenvalue weighted by atomic mass is 16.5. The van der Waals surface area contributed by atoms with Gasteiger partial charge in [0.15, 0.2) is 0 Å². The molecule has 0 aliphatic heterocycles. The molecule has 0 aromatic rings. The Labute approximate surface area is 80.1 Å². The van der Waals surface area contributed by atoms with Crippen molar-refractivity contribution in [2.45, 2.75) is 52.1 Å².